The first kappa shape index (κ1) is 15.5. The van der Waals surface area contributed by atoms with E-state index in [4.69, 9.17) is 4.74 Å². The minimum Gasteiger partial charge on any atom is -0.497 e. The molecule has 21 heavy (non-hydrogen) atoms. The molecule has 0 radical (unpaired) electrons. The van der Waals surface area contributed by atoms with Crippen LogP contribution in [0.15, 0.2) is 42.7 Å². The molecule has 1 aromatic heterocycles. The largest absolute Gasteiger partial charge is 0.497 e. The highest BCUT2D eigenvalue weighted by Crippen LogP contribution is 2.22. The number of aromatic nitrogens is 1. The molecule has 0 aliphatic carbocycles. The zero-order valence-electron chi connectivity index (χ0n) is 13.1. The van der Waals surface area contributed by atoms with Crippen LogP contribution in [-0.2, 0) is 6.42 Å². The third-order valence-corrected chi connectivity index (χ3v) is 3.77. The van der Waals surface area contributed by atoms with Gasteiger partial charge < -0.3 is 10.1 Å². The Morgan fingerprint density at radius 2 is 1.95 bits per heavy atom. The predicted molar refractivity (Wildman–Crippen MR) is 86.7 cm³/mol. The molecule has 1 aromatic carbocycles. The van der Waals surface area contributed by atoms with Crippen LogP contribution in [0.2, 0.25) is 0 Å². The Bertz CT molecular complexity index is 551. The summed E-state index contributed by atoms with van der Waals surface area (Å²) in [6, 6.07) is 10.8. The van der Waals surface area contributed by atoms with Crippen molar-refractivity contribution in [3.05, 3.63) is 59.4 Å². The lowest BCUT2D eigenvalue weighted by atomic mass is 9.97. The predicted octanol–water partition coefficient (Wildman–Crippen LogP) is 3.68. The molecule has 0 saturated carbocycles. The maximum Gasteiger partial charge on any atom is 0.118 e. The van der Waals surface area contributed by atoms with Crippen molar-refractivity contribution in [1.82, 2.24) is 10.3 Å². The van der Waals surface area contributed by atoms with E-state index < -0.39 is 0 Å². The Morgan fingerprint density at radius 3 is 2.57 bits per heavy atom. The van der Waals surface area contributed by atoms with Crippen molar-refractivity contribution in [2.75, 3.05) is 13.7 Å². The standard InChI is InChI=1S/C18H24N2O/c1-4-20-18(17-11-12-19-13-14(17)2)10-7-15-5-8-16(21-3)9-6-15/h5-6,8-9,11-13,18,20H,4,7,10H2,1-3H3. The average molecular weight is 284 g/mol. The summed E-state index contributed by atoms with van der Waals surface area (Å²) in [4.78, 5) is 4.18. The van der Waals surface area contributed by atoms with Gasteiger partial charge in [-0.05, 0) is 61.2 Å². The van der Waals surface area contributed by atoms with Gasteiger partial charge in [0, 0.05) is 18.4 Å². The summed E-state index contributed by atoms with van der Waals surface area (Å²) in [5.41, 5.74) is 3.93. The van der Waals surface area contributed by atoms with Gasteiger partial charge in [-0.1, -0.05) is 19.1 Å². The van der Waals surface area contributed by atoms with E-state index >= 15 is 0 Å². The Labute approximate surface area is 127 Å². The molecule has 112 valence electrons. The average Bonchev–Trinajstić information content (AvgIpc) is 2.53. The smallest absolute Gasteiger partial charge is 0.118 e. The fourth-order valence-corrected chi connectivity index (χ4v) is 2.59. The van der Waals surface area contributed by atoms with E-state index in [1.807, 2.05) is 24.5 Å². The Morgan fingerprint density at radius 1 is 1.19 bits per heavy atom. The van der Waals surface area contributed by atoms with Crippen molar-refractivity contribution >= 4 is 0 Å². The highest BCUT2D eigenvalue weighted by Gasteiger charge is 2.12. The second-order valence-electron chi connectivity index (χ2n) is 5.23. The van der Waals surface area contributed by atoms with Crippen molar-refractivity contribution in [3.8, 4) is 5.75 Å². The van der Waals surface area contributed by atoms with Gasteiger partial charge in [-0.3, -0.25) is 4.98 Å². The number of methoxy groups -OCH3 is 1. The van der Waals surface area contributed by atoms with Crippen LogP contribution in [0.25, 0.3) is 0 Å². The molecule has 2 rings (SSSR count). The van der Waals surface area contributed by atoms with Crippen LogP contribution in [0.4, 0.5) is 0 Å². The van der Waals surface area contributed by atoms with Crippen LogP contribution >= 0.6 is 0 Å². The third-order valence-electron chi connectivity index (χ3n) is 3.77. The number of aryl methyl sites for hydroxylation is 2. The normalized spacial score (nSPS) is 12.1. The second kappa shape index (κ2) is 7.79. The SMILES string of the molecule is CCNC(CCc1ccc(OC)cc1)c1ccncc1C. The van der Waals surface area contributed by atoms with E-state index in [1.165, 1.54) is 16.7 Å². The Hall–Kier alpha value is -1.87. The van der Waals surface area contributed by atoms with Gasteiger partial charge in [-0.2, -0.15) is 0 Å². The molecule has 0 fully saturated rings. The highest BCUT2D eigenvalue weighted by atomic mass is 16.5. The molecule has 3 heteroatoms. The summed E-state index contributed by atoms with van der Waals surface area (Å²) in [6.07, 6.45) is 5.93. The molecule has 0 saturated heterocycles. The van der Waals surface area contributed by atoms with Crippen molar-refractivity contribution in [2.24, 2.45) is 0 Å². The lowest BCUT2D eigenvalue weighted by molar-refractivity contribution is 0.414. The summed E-state index contributed by atoms with van der Waals surface area (Å²) < 4.78 is 5.20. The van der Waals surface area contributed by atoms with E-state index in [-0.39, 0.29) is 0 Å². The summed E-state index contributed by atoms with van der Waals surface area (Å²) in [5, 5.41) is 3.58. The Kier molecular flexibility index (Phi) is 5.76. The molecular formula is C18H24N2O. The highest BCUT2D eigenvalue weighted by molar-refractivity contribution is 5.28. The molecule has 1 heterocycles. The third kappa shape index (κ3) is 4.30. The van der Waals surface area contributed by atoms with Gasteiger partial charge in [0.15, 0.2) is 0 Å². The first-order valence-corrected chi connectivity index (χ1v) is 7.51. The monoisotopic (exact) mass is 284 g/mol. The van der Waals surface area contributed by atoms with E-state index in [0.717, 1.165) is 25.1 Å². The van der Waals surface area contributed by atoms with Crippen molar-refractivity contribution < 1.29 is 4.74 Å². The van der Waals surface area contributed by atoms with E-state index in [0.29, 0.717) is 6.04 Å². The molecular weight excluding hydrogens is 260 g/mol. The van der Waals surface area contributed by atoms with E-state index in [2.05, 4.69) is 42.3 Å². The summed E-state index contributed by atoms with van der Waals surface area (Å²) >= 11 is 0. The first-order chi connectivity index (χ1) is 10.2. The number of hydrogen-bond donors (Lipinski definition) is 1. The number of ether oxygens (including phenoxy) is 1. The van der Waals surface area contributed by atoms with E-state index in [1.54, 1.807) is 7.11 Å². The molecule has 1 unspecified atom stereocenters. The quantitative estimate of drug-likeness (QED) is 0.842. The number of benzene rings is 1. The van der Waals surface area contributed by atoms with Gasteiger partial charge in [-0.15, -0.1) is 0 Å². The fourth-order valence-electron chi connectivity index (χ4n) is 2.59. The van der Waals surface area contributed by atoms with Crippen LogP contribution in [0.5, 0.6) is 5.75 Å². The maximum atomic E-state index is 5.20. The van der Waals surface area contributed by atoms with Crippen LogP contribution in [0.1, 0.15) is 36.1 Å². The number of nitrogens with one attached hydrogen (secondary N) is 1. The lowest BCUT2D eigenvalue weighted by Gasteiger charge is -2.20. The van der Waals surface area contributed by atoms with Gasteiger partial charge in [-0.25, -0.2) is 0 Å². The Balaban J connectivity index is 2.04. The number of rotatable bonds is 7. The molecule has 1 atom stereocenters. The molecule has 0 bridgehead atoms. The minimum absolute atomic E-state index is 0.375. The maximum absolute atomic E-state index is 5.20. The number of pyridine rings is 1. The molecule has 0 aliphatic rings. The van der Waals surface area contributed by atoms with Crippen molar-refractivity contribution in [2.45, 2.75) is 32.7 Å². The molecule has 3 nitrogen and oxygen atoms in total. The fraction of sp³-hybridized carbons (Fsp3) is 0.389. The first-order valence-electron chi connectivity index (χ1n) is 7.51. The molecule has 0 aliphatic heterocycles. The van der Waals surface area contributed by atoms with Gasteiger partial charge >= 0.3 is 0 Å². The minimum atomic E-state index is 0.375. The number of hydrogen-bond acceptors (Lipinski definition) is 3. The van der Waals surface area contributed by atoms with Gasteiger partial charge in [0.25, 0.3) is 0 Å². The van der Waals surface area contributed by atoms with Gasteiger partial charge in [0.2, 0.25) is 0 Å². The zero-order chi connectivity index (χ0) is 15.1. The van der Waals surface area contributed by atoms with Gasteiger partial charge in [0.1, 0.15) is 5.75 Å². The number of nitrogens with zero attached hydrogens (tertiary/aromatic N) is 1. The topological polar surface area (TPSA) is 34.1 Å². The van der Waals surface area contributed by atoms with E-state index in [9.17, 15) is 0 Å². The summed E-state index contributed by atoms with van der Waals surface area (Å²) in [6.45, 7) is 5.24. The van der Waals surface area contributed by atoms with Crippen LogP contribution in [0.3, 0.4) is 0 Å². The molecule has 0 amide bonds. The van der Waals surface area contributed by atoms with Crippen LogP contribution in [-0.4, -0.2) is 18.6 Å². The van der Waals surface area contributed by atoms with Crippen LogP contribution in [0, 0.1) is 6.92 Å². The molecule has 1 N–H and O–H groups in total. The molecule has 2 aromatic rings. The second-order valence-corrected chi connectivity index (χ2v) is 5.23. The lowest BCUT2D eigenvalue weighted by Crippen LogP contribution is -2.22. The van der Waals surface area contributed by atoms with Crippen molar-refractivity contribution in [3.63, 3.8) is 0 Å². The van der Waals surface area contributed by atoms with Crippen LogP contribution < -0.4 is 10.1 Å². The molecule has 0 spiro atoms. The summed E-state index contributed by atoms with van der Waals surface area (Å²) in [7, 11) is 1.70. The summed E-state index contributed by atoms with van der Waals surface area (Å²) in [5.74, 6) is 0.909. The van der Waals surface area contributed by atoms with Crippen molar-refractivity contribution in [1.29, 1.82) is 0 Å². The van der Waals surface area contributed by atoms with Gasteiger partial charge in [0.05, 0.1) is 7.11 Å². The zero-order valence-corrected chi connectivity index (χ0v) is 13.1.